The first-order chi connectivity index (χ1) is 9.96. The van der Waals surface area contributed by atoms with Crippen LogP contribution in [0.3, 0.4) is 0 Å². The third-order valence-electron chi connectivity index (χ3n) is 4.51. The van der Waals surface area contributed by atoms with Gasteiger partial charge in [-0.25, -0.2) is 4.98 Å². The zero-order valence-electron chi connectivity index (χ0n) is 13.7. The molecule has 0 unspecified atom stereocenters. The van der Waals surface area contributed by atoms with Crippen LogP contribution in [-0.2, 0) is 11.8 Å². The second-order valence-corrected chi connectivity index (χ2v) is 6.46. The zero-order valence-corrected chi connectivity index (χ0v) is 13.7. The van der Waals surface area contributed by atoms with Gasteiger partial charge in [-0.15, -0.1) is 0 Å². The van der Waals surface area contributed by atoms with E-state index >= 15 is 0 Å². The van der Waals surface area contributed by atoms with Crippen molar-refractivity contribution in [2.24, 2.45) is 7.05 Å². The Morgan fingerprint density at radius 1 is 1.43 bits per heavy atom. The first-order valence-electron chi connectivity index (χ1n) is 8.00. The molecule has 1 fully saturated rings. The van der Waals surface area contributed by atoms with E-state index in [1.165, 1.54) is 12.8 Å². The minimum absolute atomic E-state index is 0.00984. The molecule has 0 aromatic carbocycles. The molecule has 2 heterocycles. The number of aromatic nitrogens is 2. The van der Waals surface area contributed by atoms with Crippen molar-refractivity contribution in [2.75, 3.05) is 13.1 Å². The molecule has 21 heavy (non-hydrogen) atoms. The molecule has 1 saturated heterocycles. The van der Waals surface area contributed by atoms with Crippen LogP contribution in [0.1, 0.15) is 58.3 Å². The van der Waals surface area contributed by atoms with Gasteiger partial charge in [0.2, 0.25) is 5.91 Å². The number of aryl methyl sites for hydroxylation is 1. The summed E-state index contributed by atoms with van der Waals surface area (Å²) in [7, 11) is 1.97. The number of carbonyl (C=O) groups is 1. The molecule has 1 aromatic rings. The maximum Gasteiger partial charge on any atom is 0.240 e. The number of carbonyl (C=O) groups excluding carboxylic acids is 1. The molecule has 0 spiro atoms. The van der Waals surface area contributed by atoms with Crippen molar-refractivity contribution in [3.63, 3.8) is 0 Å². The summed E-state index contributed by atoms with van der Waals surface area (Å²) in [5.74, 6) is 1.04. The molecule has 0 bridgehead atoms. The van der Waals surface area contributed by atoms with Crippen LogP contribution in [0.25, 0.3) is 0 Å². The first-order valence-corrected chi connectivity index (χ1v) is 8.00. The maximum absolute atomic E-state index is 12.8. The smallest absolute Gasteiger partial charge is 0.240 e. The minimum atomic E-state index is -0.451. The van der Waals surface area contributed by atoms with E-state index in [4.69, 9.17) is 0 Å². The monoisotopic (exact) mass is 292 g/mol. The van der Waals surface area contributed by atoms with Crippen LogP contribution in [0.4, 0.5) is 0 Å². The summed E-state index contributed by atoms with van der Waals surface area (Å²) in [6, 6.07) is -0.00984. The van der Waals surface area contributed by atoms with Crippen LogP contribution in [0.2, 0.25) is 0 Å². The Hall–Kier alpha value is -1.36. The van der Waals surface area contributed by atoms with Gasteiger partial charge in [-0.3, -0.25) is 9.69 Å². The van der Waals surface area contributed by atoms with Gasteiger partial charge >= 0.3 is 0 Å². The lowest BCUT2D eigenvalue weighted by atomic mass is 10.0. The van der Waals surface area contributed by atoms with E-state index in [0.717, 1.165) is 31.8 Å². The number of imidazole rings is 1. The number of likely N-dealkylation sites (tertiary alicyclic amines) is 1. The van der Waals surface area contributed by atoms with E-state index in [1.807, 2.05) is 31.7 Å². The molecular weight excluding hydrogens is 264 g/mol. The third kappa shape index (κ3) is 3.46. The molecule has 5 heteroatoms. The van der Waals surface area contributed by atoms with Crippen LogP contribution >= 0.6 is 0 Å². The van der Waals surface area contributed by atoms with Gasteiger partial charge in [0.15, 0.2) is 0 Å². The van der Waals surface area contributed by atoms with Gasteiger partial charge in [-0.05, 0) is 46.2 Å². The van der Waals surface area contributed by atoms with Gasteiger partial charge in [-0.2, -0.15) is 0 Å². The fourth-order valence-corrected chi connectivity index (χ4v) is 3.02. The molecule has 1 amide bonds. The van der Waals surface area contributed by atoms with Gasteiger partial charge < -0.3 is 9.88 Å². The Morgan fingerprint density at radius 2 is 2.10 bits per heavy atom. The number of nitrogens with one attached hydrogen (secondary N) is 1. The van der Waals surface area contributed by atoms with Gasteiger partial charge in [0, 0.05) is 19.4 Å². The Balaban J connectivity index is 2.09. The van der Waals surface area contributed by atoms with E-state index in [9.17, 15) is 4.79 Å². The lowest BCUT2D eigenvalue weighted by molar-refractivity contribution is -0.132. The largest absolute Gasteiger partial charge is 0.345 e. The highest BCUT2D eigenvalue weighted by molar-refractivity contribution is 5.85. The number of hydrogen-bond acceptors (Lipinski definition) is 3. The van der Waals surface area contributed by atoms with Gasteiger partial charge in [0.1, 0.15) is 5.82 Å². The number of amides is 1. The average Bonchev–Trinajstić information content (AvgIpc) is 3.09. The Morgan fingerprint density at radius 3 is 2.62 bits per heavy atom. The average molecular weight is 292 g/mol. The predicted molar refractivity (Wildman–Crippen MR) is 83.9 cm³/mol. The molecule has 5 nitrogen and oxygen atoms in total. The standard InChI is InChI=1S/C16H28N4O/c1-5-8-13(14-17-9-12-19(14)4)18-15(21)16(2,3)20-10-6-7-11-20/h9,12-13H,5-8,10-11H2,1-4H3,(H,18,21)/t13-/m0/s1. The van der Waals surface area contributed by atoms with E-state index in [0.29, 0.717) is 0 Å². The maximum atomic E-state index is 12.8. The summed E-state index contributed by atoms with van der Waals surface area (Å²) in [4.78, 5) is 19.4. The van der Waals surface area contributed by atoms with Gasteiger partial charge in [-0.1, -0.05) is 13.3 Å². The molecule has 1 N–H and O–H groups in total. The Labute approximate surface area is 127 Å². The van der Waals surface area contributed by atoms with E-state index in [2.05, 4.69) is 22.1 Å². The van der Waals surface area contributed by atoms with Gasteiger partial charge in [0.05, 0.1) is 11.6 Å². The van der Waals surface area contributed by atoms with E-state index in [1.54, 1.807) is 6.20 Å². The summed E-state index contributed by atoms with van der Waals surface area (Å²) in [6.45, 7) is 8.21. The van der Waals surface area contributed by atoms with Crippen molar-refractivity contribution in [2.45, 2.75) is 58.0 Å². The van der Waals surface area contributed by atoms with E-state index < -0.39 is 5.54 Å². The molecule has 118 valence electrons. The van der Waals surface area contributed by atoms with Gasteiger partial charge in [0.25, 0.3) is 0 Å². The van der Waals surface area contributed by atoms with Crippen LogP contribution < -0.4 is 5.32 Å². The fraction of sp³-hybridized carbons (Fsp3) is 0.750. The van der Waals surface area contributed by atoms with E-state index in [-0.39, 0.29) is 11.9 Å². The van der Waals surface area contributed by atoms with Crippen LogP contribution in [-0.4, -0.2) is 39.0 Å². The Bertz CT molecular complexity index is 474. The number of nitrogens with zero attached hydrogens (tertiary/aromatic N) is 3. The summed E-state index contributed by atoms with van der Waals surface area (Å²) >= 11 is 0. The highest BCUT2D eigenvalue weighted by Gasteiger charge is 2.37. The molecule has 0 radical (unpaired) electrons. The summed E-state index contributed by atoms with van der Waals surface area (Å²) in [6.07, 6.45) is 8.02. The molecule has 1 atom stereocenters. The zero-order chi connectivity index (χ0) is 15.5. The molecular formula is C16H28N4O. The summed E-state index contributed by atoms with van der Waals surface area (Å²) < 4.78 is 1.99. The van der Waals surface area contributed by atoms with Crippen LogP contribution in [0.5, 0.6) is 0 Å². The molecule has 0 aliphatic carbocycles. The Kier molecular flexibility index (Phi) is 5.04. The number of hydrogen-bond donors (Lipinski definition) is 1. The molecule has 0 saturated carbocycles. The van der Waals surface area contributed by atoms with Crippen molar-refractivity contribution < 1.29 is 4.79 Å². The summed E-state index contributed by atoms with van der Waals surface area (Å²) in [5, 5.41) is 3.21. The molecule has 1 aromatic heterocycles. The summed E-state index contributed by atoms with van der Waals surface area (Å²) in [5.41, 5.74) is -0.451. The molecule has 1 aliphatic heterocycles. The van der Waals surface area contributed by atoms with Crippen molar-refractivity contribution in [1.29, 1.82) is 0 Å². The second-order valence-electron chi connectivity index (χ2n) is 6.46. The molecule has 2 rings (SSSR count). The topological polar surface area (TPSA) is 50.2 Å². The van der Waals surface area contributed by atoms with Crippen LogP contribution in [0, 0.1) is 0 Å². The second kappa shape index (κ2) is 6.60. The van der Waals surface area contributed by atoms with Crippen molar-refractivity contribution in [1.82, 2.24) is 19.8 Å². The highest BCUT2D eigenvalue weighted by atomic mass is 16.2. The first kappa shape index (κ1) is 16.0. The molecule has 1 aliphatic rings. The number of rotatable bonds is 6. The predicted octanol–water partition coefficient (Wildman–Crippen LogP) is 2.25. The third-order valence-corrected chi connectivity index (χ3v) is 4.51. The normalized spacial score (nSPS) is 17.9. The SMILES string of the molecule is CCC[C@H](NC(=O)C(C)(C)N1CCCC1)c1nccn1C. The lowest BCUT2D eigenvalue weighted by Crippen LogP contribution is -2.54. The lowest BCUT2D eigenvalue weighted by Gasteiger charge is -2.35. The van der Waals surface area contributed by atoms with Crippen molar-refractivity contribution >= 4 is 5.91 Å². The minimum Gasteiger partial charge on any atom is -0.345 e. The quantitative estimate of drug-likeness (QED) is 0.875. The highest BCUT2D eigenvalue weighted by Crippen LogP contribution is 2.23. The van der Waals surface area contributed by atoms with Crippen molar-refractivity contribution in [3.8, 4) is 0 Å². The fourth-order valence-electron chi connectivity index (χ4n) is 3.02. The van der Waals surface area contributed by atoms with Crippen molar-refractivity contribution in [3.05, 3.63) is 18.2 Å². The van der Waals surface area contributed by atoms with Crippen LogP contribution in [0.15, 0.2) is 12.4 Å².